The molecule has 0 saturated heterocycles. The summed E-state index contributed by atoms with van der Waals surface area (Å²) in [5, 5.41) is 0. The third-order valence-electron chi connectivity index (χ3n) is 1.11. The molecule has 0 aromatic heterocycles. The molecular weight excluding hydrogens is 108 g/mol. The lowest BCUT2D eigenvalue weighted by molar-refractivity contribution is 1.94. The predicted octanol–water partition coefficient (Wildman–Crippen LogP) is 1.19. The van der Waals surface area contributed by atoms with Crippen LogP contribution < -0.4 is 0 Å². The predicted molar refractivity (Wildman–Crippen MR) is 33.9 cm³/mol. The highest BCUT2D eigenvalue weighted by atomic mass is 14.2. The van der Waals surface area contributed by atoms with Gasteiger partial charge in [0.15, 0.2) is 0 Å². The van der Waals surface area contributed by atoms with Crippen LogP contribution in [0.2, 0.25) is 0 Å². The molecule has 1 rings (SSSR count). The molecule has 0 aromatic carbocycles. The molecule has 0 nitrogen and oxygen atoms in total. The number of rotatable bonds is 0. The zero-order valence-electron chi connectivity index (χ0n) is 4.71. The van der Waals surface area contributed by atoms with Gasteiger partial charge in [-0.1, -0.05) is 6.58 Å². The lowest BCUT2D eigenvalue weighted by atomic mass is 10.4. The summed E-state index contributed by atoms with van der Waals surface area (Å²) in [5.41, 5.74) is 4.50. The van der Waals surface area contributed by atoms with E-state index in [1.54, 1.807) is 0 Å². The molecule has 9 heavy (non-hydrogen) atoms. The number of hydrogen-bond acceptors (Lipinski definition) is 0. The SMILES string of the molecule is [C-]#CC1=C(C#[C-])C1=C=C. The molecule has 0 bridgehead atoms. The van der Waals surface area contributed by atoms with Gasteiger partial charge in [-0.2, -0.15) is 11.3 Å². The van der Waals surface area contributed by atoms with Crippen molar-refractivity contribution in [1.29, 1.82) is 0 Å². The van der Waals surface area contributed by atoms with E-state index in [0.717, 1.165) is 0 Å². The summed E-state index contributed by atoms with van der Waals surface area (Å²) in [6, 6.07) is 0. The number of hydrogen-bond donors (Lipinski definition) is 0. The molecule has 0 unspecified atom stereocenters. The van der Waals surface area contributed by atoms with Crippen molar-refractivity contribution in [1.82, 2.24) is 0 Å². The highest BCUT2D eigenvalue weighted by molar-refractivity contribution is 5.78. The third kappa shape index (κ3) is 0.592. The smallest absolute Gasteiger partial charge is 0.0592 e. The first kappa shape index (κ1) is 5.52. The Hall–Kier alpha value is -1.62. The van der Waals surface area contributed by atoms with Gasteiger partial charge in [0, 0.05) is 0 Å². The van der Waals surface area contributed by atoms with E-state index in [1.807, 2.05) is 0 Å². The standard InChI is InChI=1S/C9H2/c1-4-7-8(5-2)9(7)6-3/h1H2/q-2. The maximum Gasteiger partial charge on any atom is -0.0592 e. The van der Waals surface area contributed by atoms with Gasteiger partial charge in [0.25, 0.3) is 0 Å². The first-order valence-corrected chi connectivity index (χ1v) is 2.35. The normalized spacial score (nSPS) is 13.8. The second kappa shape index (κ2) is 1.71. The van der Waals surface area contributed by atoms with Crippen molar-refractivity contribution < 1.29 is 0 Å². The van der Waals surface area contributed by atoms with Crippen molar-refractivity contribution in [3.63, 3.8) is 0 Å². The average Bonchev–Trinajstić information content (AvgIpc) is 2.59. The van der Waals surface area contributed by atoms with E-state index in [1.165, 1.54) is 0 Å². The summed E-state index contributed by atoms with van der Waals surface area (Å²) in [5.74, 6) is 4.30. The highest BCUT2D eigenvalue weighted by Gasteiger charge is 2.02. The van der Waals surface area contributed by atoms with Crippen molar-refractivity contribution in [2.45, 2.75) is 0 Å². The molecule has 0 radical (unpaired) electrons. The molecule has 0 heterocycles. The Morgan fingerprint density at radius 2 is 1.56 bits per heavy atom. The van der Waals surface area contributed by atoms with Gasteiger partial charge in [-0.05, 0) is 0 Å². The van der Waals surface area contributed by atoms with Gasteiger partial charge >= 0.3 is 0 Å². The lowest BCUT2D eigenvalue weighted by Gasteiger charge is -1.81. The Balaban J connectivity index is 3.06. The van der Waals surface area contributed by atoms with Gasteiger partial charge in [0.05, 0.1) is 0 Å². The Morgan fingerprint density at radius 1 is 1.11 bits per heavy atom. The van der Waals surface area contributed by atoms with Crippen LogP contribution in [0.25, 0.3) is 0 Å². The topological polar surface area (TPSA) is 0 Å². The first-order chi connectivity index (χ1) is 4.35. The van der Waals surface area contributed by atoms with E-state index >= 15 is 0 Å². The van der Waals surface area contributed by atoms with Crippen molar-refractivity contribution >= 4 is 0 Å². The highest BCUT2D eigenvalue weighted by Crippen LogP contribution is 2.35. The van der Waals surface area contributed by atoms with Crippen LogP contribution in [0.15, 0.2) is 29.0 Å². The molecule has 0 spiro atoms. The maximum atomic E-state index is 6.67. The molecule has 1 aliphatic carbocycles. The molecular formula is C9H2-2. The number of allylic oxidation sites excluding steroid dienone is 3. The van der Waals surface area contributed by atoms with Crippen LogP contribution in [0.5, 0.6) is 0 Å². The minimum Gasteiger partial charge on any atom is -0.367 e. The monoisotopic (exact) mass is 110 g/mol. The van der Waals surface area contributed by atoms with Gasteiger partial charge in [-0.15, -0.1) is 0 Å². The quantitative estimate of drug-likeness (QED) is 0.249. The van der Waals surface area contributed by atoms with Crippen LogP contribution in [-0.4, -0.2) is 0 Å². The second-order valence-corrected chi connectivity index (χ2v) is 1.55. The van der Waals surface area contributed by atoms with Crippen LogP contribution in [0.4, 0.5) is 0 Å². The van der Waals surface area contributed by atoms with Crippen LogP contribution in [0.3, 0.4) is 0 Å². The molecule has 0 heteroatoms. The molecule has 0 N–H and O–H groups in total. The van der Waals surface area contributed by atoms with Gasteiger partial charge in [-0.3, -0.25) is 0 Å². The van der Waals surface area contributed by atoms with Crippen molar-refractivity contribution in [2.24, 2.45) is 0 Å². The Labute approximate surface area is 54.6 Å². The summed E-state index contributed by atoms with van der Waals surface area (Å²) in [6.45, 7) is 3.37. The summed E-state index contributed by atoms with van der Waals surface area (Å²) in [6.07, 6.45) is 13.3. The van der Waals surface area contributed by atoms with E-state index in [9.17, 15) is 0 Å². The van der Waals surface area contributed by atoms with Crippen molar-refractivity contribution in [2.75, 3.05) is 0 Å². The minimum atomic E-state index is 0.611. The summed E-state index contributed by atoms with van der Waals surface area (Å²) < 4.78 is 0. The maximum absolute atomic E-state index is 6.67. The first-order valence-electron chi connectivity index (χ1n) is 2.35. The van der Waals surface area contributed by atoms with Crippen LogP contribution in [0, 0.1) is 24.7 Å². The minimum absolute atomic E-state index is 0.611. The fourth-order valence-electron chi connectivity index (χ4n) is 0.614. The fraction of sp³-hybridized carbons (Fsp3) is 0. The second-order valence-electron chi connectivity index (χ2n) is 1.55. The largest absolute Gasteiger partial charge is 0.367 e. The van der Waals surface area contributed by atoms with Crippen molar-refractivity contribution in [3.8, 4) is 11.8 Å². The zero-order chi connectivity index (χ0) is 6.85. The van der Waals surface area contributed by atoms with E-state index < -0.39 is 0 Å². The average molecular weight is 110 g/mol. The molecule has 0 amide bonds. The Morgan fingerprint density at radius 3 is 1.67 bits per heavy atom. The zero-order valence-corrected chi connectivity index (χ0v) is 4.71. The van der Waals surface area contributed by atoms with Gasteiger partial charge in [0.2, 0.25) is 0 Å². The van der Waals surface area contributed by atoms with Crippen molar-refractivity contribution in [3.05, 3.63) is 41.9 Å². The third-order valence-corrected chi connectivity index (χ3v) is 1.11. The van der Waals surface area contributed by atoms with Gasteiger partial charge in [0.1, 0.15) is 0 Å². The van der Waals surface area contributed by atoms with E-state index in [4.69, 9.17) is 12.8 Å². The Kier molecular flexibility index (Phi) is 1.05. The molecule has 1 aliphatic rings. The molecule has 0 saturated carbocycles. The van der Waals surface area contributed by atoms with Crippen LogP contribution in [-0.2, 0) is 0 Å². The summed E-state index contributed by atoms with van der Waals surface area (Å²) >= 11 is 0. The summed E-state index contributed by atoms with van der Waals surface area (Å²) in [7, 11) is 0. The van der Waals surface area contributed by atoms with Crippen LogP contribution in [0.1, 0.15) is 0 Å². The molecule has 40 valence electrons. The van der Waals surface area contributed by atoms with Crippen LogP contribution >= 0.6 is 0 Å². The van der Waals surface area contributed by atoms with E-state index in [2.05, 4.69) is 24.2 Å². The molecule has 0 aromatic rings. The van der Waals surface area contributed by atoms with Gasteiger partial charge < -0.3 is 24.7 Å². The molecule has 0 fully saturated rings. The Bertz CT molecular complexity index is 281. The lowest BCUT2D eigenvalue weighted by Crippen LogP contribution is -1.49. The fourth-order valence-corrected chi connectivity index (χ4v) is 0.614. The van der Waals surface area contributed by atoms with E-state index in [0.29, 0.717) is 16.7 Å². The summed E-state index contributed by atoms with van der Waals surface area (Å²) in [4.78, 5) is 0. The van der Waals surface area contributed by atoms with Gasteiger partial charge in [-0.25, -0.2) is 11.1 Å². The van der Waals surface area contributed by atoms with E-state index in [-0.39, 0.29) is 0 Å². The molecule has 0 aliphatic heterocycles. The molecule has 0 atom stereocenters.